The molecule has 2 aliphatic carbocycles. The van der Waals surface area contributed by atoms with Gasteiger partial charge in [0.2, 0.25) is 0 Å². The number of hydrogen-bond acceptors (Lipinski definition) is 5. The zero-order valence-electron chi connectivity index (χ0n) is 19.3. The lowest BCUT2D eigenvalue weighted by atomic mass is 9.53. The van der Waals surface area contributed by atoms with E-state index in [0.717, 1.165) is 25.7 Å². The Morgan fingerprint density at radius 2 is 1.86 bits per heavy atom. The van der Waals surface area contributed by atoms with Crippen molar-refractivity contribution in [1.82, 2.24) is 14.9 Å². The van der Waals surface area contributed by atoms with Crippen LogP contribution in [0.15, 0.2) is 48.8 Å². The van der Waals surface area contributed by atoms with Gasteiger partial charge in [-0.05, 0) is 55.4 Å². The smallest absolute Gasteiger partial charge is 0.392 e. The van der Waals surface area contributed by atoms with Gasteiger partial charge >= 0.3 is 6.18 Å². The molecule has 8 nitrogen and oxygen atoms in total. The molecule has 0 radical (unpaired) electrons. The lowest BCUT2D eigenvalue weighted by Crippen LogP contribution is -2.58. The molecule has 1 aromatic carbocycles. The van der Waals surface area contributed by atoms with Crippen molar-refractivity contribution < 1.29 is 32.2 Å². The number of amides is 2. The van der Waals surface area contributed by atoms with E-state index in [-0.39, 0.29) is 29.2 Å². The van der Waals surface area contributed by atoms with Crippen LogP contribution in [0.25, 0.3) is 5.52 Å². The SMILES string of the molecule is NC(=O)c1ccccc1OC1CC2(CC(NC(=O)c3cnn4cc(OCCC(F)(F)F)ccc34)C2)C1. The summed E-state index contributed by atoms with van der Waals surface area (Å²) in [6, 6.07) is 10.1. The molecule has 0 atom stereocenters. The van der Waals surface area contributed by atoms with Gasteiger partial charge in [-0.3, -0.25) is 9.59 Å². The van der Waals surface area contributed by atoms with Gasteiger partial charge in [0.25, 0.3) is 11.8 Å². The highest BCUT2D eigenvalue weighted by atomic mass is 19.4. The van der Waals surface area contributed by atoms with Crippen molar-refractivity contribution in [2.24, 2.45) is 11.1 Å². The number of rotatable bonds is 8. The standard InChI is InChI=1S/C25H25F3N4O4/c26-25(27,28)7-8-35-16-5-6-20-19(13-30-32(20)14-16)23(34)31-15-9-24(10-15)11-17(12-24)36-21-4-2-1-3-18(21)22(29)33/h1-6,13-15,17H,7-12H2,(H2,29,33)(H,31,34). The van der Waals surface area contributed by atoms with E-state index in [1.54, 1.807) is 30.3 Å². The molecule has 2 aromatic heterocycles. The van der Waals surface area contributed by atoms with E-state index in [2.05, 4.69) is 10.4 Å². The fourth-order valence-electron chi connectivity index (χ4n) is 5.14. The Labute approximate surface area is 204 Å². The number of carbonyl (C=O) groups excluding carboxylic acids is 2. The van der Waals surface area contributed by atoms with Gasteiger partial charge in [0.05, 0.1) is 48.2 Å². The lowest BCUT2D eigenvalue weighted by Gasteiger charge is -2.57. The van der Waals surface area contributed by atoms with E-state index in [4.69, 9.17) is 15.2 Å². The van der Waals surface area contributed by atoms with Crippen LogP contribution in [0.3, 0.4) is 0 Å². The predicted octanol–water partition coefficient (Wildman–Crippen LogP) is 3.88. The van der Waals surface area contributed by atoms with Crippen LogP contribution in [0.1, 0.15) is 52.8 Å². The number of aromatic nitrogens is 2. The summed E-state index contributed by atoms with van der Waals surface area (Å²) in [4.78, 5) is 24.4. The third-order valence-corrected chi connectivity index (χ3v) is 6.85. The molecule has 190 valence electrons. The van der Waals surface area contributed by atoms with Crippen LogP contribution in [-0.2, 0) is 0 Å². The van der Waals surface area contributed by atoms with Gasteiger partial charge in [-0.1, -0.05) is 12.1 Å². The number of ether oxygens (including phenoxy) is 2. The minimum atomic E-state index is -4.29. The summed E-state index contributed by atoms with van der Waals surface area (Å²) in [5.41, 5.74) is 6.83. The summed E-state index contributed by atoms with van der Waals surface area (Å²) in [7, 11) is 0. The zero-order valence-corrected chi connectivity index (χ0v) is 19.3. The van der Waals surface area contributed by atoms with Crippen LogP contribution < -0.4 is 20.5 Å². The maximum atomic E-state index is 12.8. The van der Waals surface area contributed by atoms with Gasteiger partial charge in [0, 0.05) is 6.04 Å². The molecule has 2 saturated carbocycles. The second-order valence-electron chi connectivity index (χ2n) is 9.55. The zero-order chi connectivity index (χ0) is 25.5. The van der Waals surface area contributed by atoms with Gasteiger partial charge in [0.15, 0.2) is 0 Å². The molecule has 0 saturated heterocycles. The van der Waals surface area contributed by atoms with E-state index >= 15 is 0 Å². The number of nitrogens with two attached hydrogens (primary N) is 1. The molecule has 11 heteroatoms. The van der Waals surface area contributed by atoms with Gasteiger partial charge < -0.3 is 20.5 Å². The highest BCUT2D eigenvalue weighted by Gasteiger charge is 2.54. The molecule has 36 heavy (non-hydrogen) atoms. The molecular weight excluding hydrogens is 477 g/mol. The van der Waals surface area contributed by atoms with Crippen LogP contribution in [0.4, 0.5) is 13.2 Å². The topological polar surface area (TPSA) is 108 Å². The Balaban J connectivity index is 1.11. The minimum absolute atomic E-state index is 0.00863. The van der Waals surface area contributed by atoms with Gasteiger partial charge in [-0.15, -0.1) is 0 Å². The summed E-state index contributed by atoms with van der Waals surface area (Å²) >= 11 is 0. The molecule has 2 aliphatic rings. The first kappa shape index (κ1) is 24.0. The third-order valence-electron chi connectivity index (χ3n) is 6.85. The fraction of sp³-hybridized carbons (Fsp3) is 0.400. The number of carbonyl (C=O) groups is 2. The molecule has 2 fully saturated rings. The maximum Gasteiger partial charge on any atom is 0.392 e. The van der Waals surface area contributed by atoms with Crippen molar-refractivity contribution >= 4 is 17.3 Å². The molecule has 5 rings (SSSR count). The van der Waals surface area contributed by atoms with Crippen LogP contribution in [0, 0.1) is 5.41 Å². The van der Waals surface area contributed by atoms with Gasteiger partial charge in [-0.25, -0.2) is 4.52 Å². The molecule has 0 aliphatic heterocycles. The average molecular weight is 502 g/mol. The normalized spacial score (nSPS) is 23.1. The van der Waals surface area contributed by atoms with Crippen molar-refractivity contribution in [2.75, 3.05) is 6.61 Å². The van der Waals surface area contributed by atoms with E-state index in [0.29, 0.717) is 22.4 Å². The lowest BCUT2D eigenvalue weighted by molar-refractivity contribution is -0.139. The summed E-state index contributed by atoms with van der Waals surface area (Å²) < 4.78 is 49.4. The summed E-state index contributed by atoms with van der Waals surface area (Å²) in [5, 5.41) is 7.18. The average Bonchev–Trinajstić information content (AvgIpc) is 3.19. The van der Waals surface area contributed by atoms with E-state index < -0.39 is 25.1 Å². The molecule has 2 heterocycles. The molecule has 0 unspecified atom stereocenters. The molecule has 3 aromatic rings. The summed E-state index contributed by atoms with van der Waals surface area (Å²) in [6.45, 7) is -0.489. The van der Waals surface area contributed by atoms with Crippen molar-refractivity contribution in [3.05, 3.63) is 59.9 Å². The number of alkyl halides is 3. The first-order valence-electron chi connectivity index (χ1n) is 11.6. The number of nitrogens with one attached hydrogen (secondary N) is 1. The number of para-hydroxylation sites is 1. The molecular formula is C25H25F3N4O4. The second-order valence-corrected chi connectivity index (χ2v) is 9.55. The van der Waals surface area contributed by atoms with Crippen LogP contribution in [0.2, 0.25) is 0 Å². The number of benzene rings is 1. The van der Waals surface area contributed by atoms with Crippen molar-refractivity contribution in [2.45, 2.75) is 50.4 Å². The Hall–Kier alpha value is -3.76. The number of fused-ring (bicyclic) bond motifs is 1. The number of primary amides is 1. The Kier molecular flexibility index (Phi) is 6.01. The molecule has 1 spiro atoms. The Morgan fingerprint density at radius 1 is 1.11 bits per heavy atom. The van der Waals surface area contributed by atoms with Crippen molar-refractivity contribution in [3.8, 4) is 11.5 Å². The van der Waals surface area contributed by atoms with E-state index in [1.165, 1.54) is 23.0 Å². The van der Waals surface area contributed by atoms with E-state index in [9.17, 15) is 22.8 Å². The van der Waals surface area contributed by atoms with Crippen molar-refractivity contribution in [1.29, 1.82) is 0 Å². The summed E-state index contributed by atoms with van der Waals surface area (Å²) in [5.74, 6) is -0.0407. The predicted molar refractivity (Wildman–Crippen MR) is 123 cm³/mol. The van der Waals surface area contributed by atoms with Crippen LogP contribution in [0.5, 0.6) is 11.5 Å². The van der Waals surface area contributed by atoms with Crippen LogP contribution >= 0.6 is 0 Å². The maximum absolute atomic E-state index is 12.8. The Bertz CT molecular complexity index is 1290. The second kappa shape index (κ2) is 9.03. The number of nitrogens with zero attached hydrogens (tertiary/aromatic N) is 2. The fourth-order valence-corrected chi connectivity index (χ4v) is 5.14. The minimum Gasteiger partial charge on any atom is -0.492 e. The van der Waals surface area contributed by atoms with Gasteiger partial charge in [-0.2, -0.15) is 18.3 Å². The third kappa shape index (κ3) is 4.95. The first-order valence-corrected chi connectivity index (χ1v) is 11.6. The number of halogens is 3. The van der Waals surface area contributed by atoms with Crippen LogP contribution in [-0.4, -0.2) is 46.4 Å². The first-order chi connectivity index (χ1) is 17.1. The number of hydrogen-bond donors (Lipinski definition) is 2. The van der Waals surface area contributed by atoms with E-state index in [1.807, 2.05) is 0 Å². The monoisotopic (exact) mass is 502 g/mol. The molecule has 2 amide bonds. The number of pyridine rings is 1. The largest absolute Gasteiger partial charge is 0.492 e. The highest BCUT2D eigenvalue weighted by Crippen LogP contribution is 2.57. The summed E-state index contributed by atoms with van der Waals surface area (Å²) in [6.07, 6.45) is 0.932. The Morgan fingerprint density at radius 3 is 2.58 bits per heavy atom. The molecule has 3 N–H and O–H groups in total. The quantitative estimate of drug-likeness (QED) is 0.486. The van der Waals surface area contributed by atoms with Gasteiger partial charge in [0.1, 0.15) is 11.5 Å². The molecule has 0 bridgehead atoms. The highest BCUT2D eigenvalue weighted by molar-refractivity contribution is 6.00. The van der Waals surface area contributed by atoms with Crippen molar-refractivity contribution in [3.63, 3.8) is 0 Å².